The maximum absolute atomic E-state index is 10.2. The highest BCUT2D eigenvalue weighted by molar-refractivity contribution is 6.34. The van der Waals surface area contributed by atoms with Gasteiger partial charge in [-0.25, -0.2) is 0 Å². The molecule has 48 valence electrons. The monoisotopic (exact) mass is 132 g/mol. The molecule has 1 aromatic rings. The Balaban J connectivity index is 3.27. The predicted molar refractivity (Wildman–Crippen MR) is 38.9 cm³/mol. The van der Waals surface area contributed by atoms with E-state index in [4.69, 9.17) is 13.0 Å². The zero-order valence-electron chi connectivity index (χ0n) is 5.24. The van der Waals surface area contributed by atoms with Crippen LogP contribution in [0.1, 0.15) is 10.4 Å². The summed E-state index contributed by atoms with van der Waals surface area (Å²) < 4.78 is 0. The lowest BCUT2D eigenvalue weighted by molar-refractivity contribution is 0.112. The topological polar surface area (TPSA) is 37.3 Å². The van der Waals surface area contributed by atoms with E-state index in [-0.39, 0.29) is 16.8 Å². The van der Waals surface area contributed by atoms with Gasteiger partial charge in [0.05, 0.1) is 5.56 Å². The minimum absolute atomic E-state index is 0.141. The van der Waals surface area contributed by atoms with Gasteiger partial charge >= 0.3 is 0 Å². The van der Waals surface area contributed by atoms with Crippen LogP contribution >= 0.6 is 0 Å². The van der Waals surface area contributed by atoms with E-state index in [9.17, 15) is 4.79 Å². The molecule has 2 radical (unpaired) electrons. The summed E-state index contributed by atoms with van der Waals surface area (Å²) in [4.78, 5) is 10.2. The van der Waals surface area contributed by atoms with Crippen LogP contribution in [0.5, 0.6) is 5.75 Å². The summed E-state index contributed by atoms with van der Waals surface area (Å²) in [7, 11) is 5.29. The standard InChI is InChI=1S/C7H5BO2/c8-6-3-1-2-5(4-9)7(6)10/h1-4,10H. The molecule has 0 atom stereocenters. The van der Waals surface area contributed by atoms with E-state index in [1.54, 1.807) is 6.07 Å². The molecule has 1 aromatic carbocycles. The van der Waals surface area contributed by atoms with E-state index < -0.39 is 0 Å². The lowest BCUT2D eigenvalue weighted by atomic mass is 9.93. The third-order valence-electron chi connectivity index (χ3n) is 1.23. The number of para-hydroxylation sites is 1. The van der Waals surface area contributed by atoms with Crippen molar-refractivity contribution >= 4 is 19.6 Å². The van der Waals surface area contributed by atoms with Gasteiger partial charge in [0.1, 0.15) is 13.6 Å². The molecule has 0 spiro atoms. The van der Waals surface area contributed by atoms with E-state index in [1.165, 1.54) is 12.1 Å². The average Bonchev–Trinajstić information content (AvgIpc) is 1.95. The highest BCUT2D eigenvalue weighted by atomic mass is 16.3. The number of aldehydes is 1. The summed E-state index contributed by atoms with van der Waals surface area (Å²) in [5, 5.41) is 9.04. The van der Waals surface area contributed by atoms with Gasteiger partial charge in [-0.3, -0.25) is 4.79 Å². The molecule has 1 rings (SSSR count). The van der Waals surface area contributed by atoms with Gasteiger partial charge < -0.3 is 5.11 Å². The fourth-order valence-corrected chi connectivity index (χ4v) is 0.675. The van der Waals surface area contributed by atoms with Crippen LogP contribution in [-0.4, -0.2) is 19.2 Å². The minimum Gasteiger partial charge on any atom is -0.508 e. The van der Waals surface area contributed by atoms with Gasteiger partial charge in [-0.1, -0.05) is 17.6 Å². The maximum atomic E-state index is 10.2. The van der Waals surface area contributed by atoms with E-state index in [0.717, 1.165) is 0 Å². The van der Waals surface area contributed by atoms with Crippen molar-refractivity contribution in [2.45, 2.75) is 0 Å². The van der Waals surface area contributed by atoms with E-state index >= 15 is 0 Å². The Morgan fingerprint density at radius 1 is 1.50 bits per heavy atom. The van der Waals surface area contributed by atoms with Crippen molar-refractivity contribution in [1.82, 2.24) is 0 Å². The molecule has 3 heteroatoms. The van der Waals surface area contributed by atoms with E-state index in [2.05, 4.69) is 0 Å². The van der Waals surface area contributed by atoms with Gasteiger partial charge in [0.15, 0.2) is 6.29 Å². The molecule has 1 N–H and O–H groups in total. The van der Waals surface area contributed by atoms with Crippen molar-refractivity contribution in [2.75, 3.05) is 0 Å². The summed E-state index contributed by atoms with van der Waals surface area (Å²) in [5.74, 6) is -0.141. The van der Waals surface area contributed by atoms with Crippen molar-refractivity contribution in [3.05, 3.63) is 23.8 Å². The first-order valence-electron chi connectivity index (χ1n) is 2.78. The van der Waals surface area contributed by atoms with Crippen LogP contribution in [0, 0.1) is 0 Å². The van der Waals surface area contributed by atoms with Gasteiger partial charge in [-0.15, -0.1) is 0 Å². The zero-order valence-corrected chi connectivity index (χ0v) is 5.24. The van der Waals surface area contributed by atoms with Crippen LogP contribution in [0.3, 0.4) is 0 Å². The van der Waals surface area contributed by atoms with Crippen molar-refractivity contribution in [2.24, 2.45) is 0 Å². The predicted octanol–water partition coefficient (Wildman–Crippen LogP) is -0.00150. The lowest BCUT2D eigenvalue weighted by Gasteiger charge is -1.98. The number of hydrogen-bond acceptors (Lipinski definition) is 2. The number of aromatic hydroxyl groups is 1. The van der Waals surface area contributed by atoms with Gasteiger partial charge in [0, 0.05) is 0 Å². The molecule has 0 aliphatic carbocycles. The molecule has 10 heavy (non-hydrogen) atoms. The first-order chi connectivity index (χ1) is 4.75. The van der Waals surface area contributed by atoms with Crippen molar-refractivity contribution in [3.8, 4) is 5.75 Å². The smallest absolute Gasteiger partial charge is 0.153 e. The molecule has 0 saturated heterocycles. The maximum Gasteiger partial charge on any atom is 0.153 e. The number of hydrogen-bond donors (Lipinski definition) is 1. The molecule has 0 bridgehead atoms. The number of carbonyl (C=O) groups excluding carboxylic acids is 1. The fourth-order valence-electron chi connectivity index (χ4n) is 0.675. The molecule has 0 aliphatic rings. The minimum atomic E-state index is -0.141. The Kier molecular flexibility index (Phi) is 1.76. The Morgan fingerprint density at radius 3 is 2.70 bits per heavy atom. The van der Waals surface area contributed by atoms with Crippen LogP contribution in [0.25, 0.3) is 0 Å². The summed E-state index contributed by atoms with van der Waals surface area (Å²) >= 11 is 0. The average molecular weight is 132 g/mol. The molecular formula is C7H5BO2. The molecule has 2 nitrogen and oxygen atoms in total. The third-order valence-corrected chi connectivity index (χ3v) is 1.23. The molecule has 0 aromatic heterocycles. The largest absolute Gasteiger partial charge is 0.508 e. The fraction of sp³-hybridized carbons (Fsp3) is 0. The Bertz CT molecular complexity index is 258. The first kappa shape index (κ1) is 6.87. The van der Waals surface area contributed by atoms with Crippen molar-refractivity contribution in [3.63, 3.8) is 0 Å². The van der Waals surface area contributed by atoms with Crippen LogP contribution in [0.4, 0.5) is 0 Å². The van der Waals surface area contributed by atoms with Gasteiger partial charge in [-0.2, -0.15) is 0 Å². The Hall–Kier alpha value is -1.25. The molecule has 0 unspecified atom stereocenters. The third kappa shape index (κ3) is 1.03. The summed E-state index contributed by atoms with van der Waals surface area (Å²) in [6.45, 7) is 0. The molecule has 0 heterocycles. The number of rotatable bonds is 1. The Morgan fingerprint density at radius 2 is 2.20 bits per heavy atom. The SMILES string of the molecule is [B]c1cccc(C=O)c1O. The second-order valence-corrected chi connectivity index (χ2v) is 1.90. The summed E-state index contributed by atoms with van der Waals surface area (Å²) in [6.07, 6.45) is 0.561. The number of phenols is 1. The summed E-state index contributed by atoms with van der Waals surface area (Å²) in [5.41, 5.74) is 0.449. The second kappa shape index (κ2) is 2.56. The van der Waals surface area contributed by atoms with Crippen molar-refractivity contribution < 1.29 is 9.90 Å². The Labute approximate surface area is 59.9 Å². The molecule has 0 amide bonds. The van der Waals surface area contributed by atoms with Gasteiger partial charge in [-0.05, 0) is 6.07 Å². The van der Waals surface area contributed by atoms with E-state index in [1.807, 2.05) is 0 Å². The van der Waals surface area contributed by atoms with Crippen LogP contribution in [0.2, 0.25) is 0 Å². The summed E-state index contributed by atoms with van der Waals surface area (Å²) in [6, 6.07) is 4.64. The molecule has 0 aliphatic heterocycles. The second-order valence-electron chi connectivity index (χ2n) is 1.90. The van der Waals surface area contributed by atoms with Crippen molar-refractivity contribution in [1.29, 1.82) is 0 Å². The highest BCUT2D eigenvalue weighted by Crippen LogP contribution is 2.08. The first-order valence-corrected chi connectivity index (χ1v) is 2.78. The number of benzene rings is 1. The van der Waals surface area contributed by atoms with Gasteiger partial charge in [0.25, 0.3) is 0 Å². The molecule has 0 fully saturated rings. The normalized spacial score (nSPS) is 9.20. The van der Waals surface area contributed by atoms with Crippen LogP contribution in [0.15, 0.2) is 18.2 Å². The molecule has 0 saturated carbocycles. The highest BCUT2D eigenvalue weighted by Gasteiger charge is 1.99. The quantitative estimate of drug-likeness (QED) is 0.431. The number of phenolic OH excluding ortho intramolecular Hbond substituents is 1. The van der Waals surface area contributed by atoms with Gasteiger partial charge in [0.2, 0.25) is 0 Å². The lowest BCUT2D eigenvalue weighted by Crippen LogP contribution is -2.03. The zero-order chi connectivity index (χ0) is 7.56. The number of carbonyl (C=O) groups is 1. The van der Waals surface area contributed by atoms with Crippen LogP contribution in [-0.2, 0) is 0 Å². The molecular weight excluding hydrogens is 127 g/mol. The van der Waals surface area contributed by atoms with E-state index in [0.29, 0.717) is 6.29 Å². The van der Waals surface area contributed by atoms with Crippen LogP contribution < -0.4 is 5.46 Å².